The summed E-state index contributed by atoms with van der Waals surface area (Å²) >= 11 is 7.21. The molecule has 0 fully saturated rings. The van der Waals surface area contributed by atoms with Crippen molar-refractivity contribution < 1.29 is 9.59 Å². The lowest BCUT2D eigenvalue weighted by Crippen LogP contribution is -2.11. The van der Waals surface area contributed by atoms with Crippen molar-refractivity contribution in [3.8, 4) is 0 Å². The molecular weight excluding hydrogens is 322 g/mol. The van der Waals surface area contributed by atoms with Crippen LogP contribution in [-0.4, -0.2) is 16.8 Å². The lowest BCUT2D eigenvalue weighted by molar-refractivity contribution is -0.116. The number of carbonyl (C=O) groups excluding carboxylic acids is 2. The van der Waals surface area contributed by atoms with E-state index in [2.05, 4.69) is 15.6 Å². The highest BCUT2D eigenvalue weighted by Crippen LogP contribution is 2.27. The SMILES string of the molecule is CCCC(=O)Nc1ncc(C(=O)Nc2c(C)cccc2Cl)s1. The molecule has 2 N–H and O–H groups in total. The molecule has 0 saturated heterocycles. The number of benzene rings is 1. The Morgan fingerprint density at radius 3 is 2.77 bits per heavy atom. The number of carbonyl (C=O) groups is 2. The number of aryl methyl sites for hydroxylation is 1. The van der Waals surface area contributed by atoms with Gasteiger partial charge in [-0.2, -0.15) is 0 Å². The van der Waals surface area contributed by atoms with Crippen LogP contribution in [0.4, 0.5) is 10.8 Å². The lowest BCUT2D eigenvalue weighted by Gasteiger charge is -2.08. The first kappa shape index (κ1) is 16.5. The lowest BCUT2D eigenvalue weighted by atomic mass is 10.2. The molecule has 0 bridgehead atoms. The summed E-state index contributed by atoms with van der Waals surface area (Å²) in [6, 6.07) is 5.40. The minimum Gasteiger partial charge on any atom is -0.320 e. The molecule has 116 valence electrons. The van der Waals surface area contributed by atoms with Crippen molar-refractivity contribution in [1.82, 2.24) is 4.98 Å². The third-order valence-electron chi connectivity index (χ3n) is 2.91. The van der Waals surface area contributed by atoms with Gasteiger partial charge in [0.25, 0.3) is 5.91 Å². The molecule has 0 aliphatic heterocycles. The van der Waals surface area contributed by atoms with Crippen LogP contribution < -0.4 is 10.6 Å². The second-order valence-electron chi connectivity index (χ2n) is 4.71. The first-order chi connectivity index (χ1) is 10.5. The monoisotopic (exact) mass is 337 g/mol. The summed E-state index contributed by atoms with van der Waals surface area (Å²) in [6.07, 6.45) is 2.63. The average molecular weight is 338 g/mol. The van der Waals surface area contributed by atoms with Crippen LogP contribution in [0.3, 0.4) is 0 Å². The third-order valence-corrected chi connectivity index (χ3v) is 4.14. The Bertz CT molecular complexity index is 680. The molecule has 1 heterocycles. The maximum Gasteiger partial charge on any atom is 0.267 e. The van der Waals surface area contributed by atoms with Gasteiger partial charge in [-0.15, -0.1) is 0 Å². The van der Waals surface area contributed by atoms with E-state index in [1.807, 2.05) is 26.0 Å². The summed E-state index contributed by atoms with van der Waals surface area (Å²) in [4.78, 5) is 28.2. The fourth-order valence-electron chi connectivity index (χ4n) is 1.81. The quantitative estimate of drug-likeness (QED) is 0.863. The zero-order valence-electron chi connectivity index (χ0n) is 12.3. The predicted molar refractivity (Wildman–Crippen MR) is 89.8 cm³/mol. The third kappa shape index (κ3) is 4.05. The van der Waals surface area contributed by atoms with Crippen LogP contribution in [0.15, 0.2) is 24.4 Å². The number of thiazole rings is 1. The van der Waals surface area contributed by atoms with Crippen LogP contribution in [0, 0.1) is 6.92 Å². The van der Waals surface area contributed by atoms with E-state index >= 15 is 0 Å². The zero-order valence-corrected chi connectivity index (χ0v) is 13.8. The Kier molecular flexibility index (Phi) is 5.51. The summed E-state index contributed by atoms with van der Waals surface area (Å²) < 4.78 is 0. The Morgan fingerprint density at radius 2 is 2.09 bits per heavy atom. The largest absolute Gasteiger partial charge is 0.320 e. The van der Waals surface area contributed by atoms with Gasteiger partial charge in [-0.05, 0) is 25.0 Å². The maximum absolute atomic E-state index is 12.2. The molecule has 2 rings (SSSR count). The van der Waals surface area contributed by atoms with E-state index in [1.165, 1.54) is 6.20 Å². The number of halogens is 1. The fraction of sp³-hybridized carbons (Fsp3) is 0.267. The number of para-hydroxylation sites is 1. The van der Waals surface area contributed by atoms with Crippen LogP contribution in [0.2, 0.25) is 5.02 Å². The number of nitrogens with one attached hydrogen (secondary N) is 2. The van der Waals surface area contributed by atoms with Gasteiger partial charge in [0.15, 0.2) is 5.13 Å². The van der Waals surface area contributed by atoms with Crippen LogP contribution in [0.1, 0.15) is 35.0 Å². The number of hydrogen-bond donors (Lipinski definition) is 2. The molecule has 1 aromatic carbocycles. The van der Waals surface area contributed by atoms with Gasteiger partial charge < -0.3 is 10.6 Å². The number of nitrogens with zero attached hydrogens (tertiary/aromatic N) is 1. The summed E-state index contributed by atoms with van der Waals surface area (Å²) in [5, 5.41) is 6.34. The van der Waals surface area contributed by atoms with Gasteiger partial charge in [-0.25, -0.2) is 4.98 Å². The Labute approximate surface area is 137 Å². The summed E-state index contributed by atoms with van der Waals surface area (Å²) in [5.41, 5.74) is 1.46. The van der Waals surface area contributed by atoms with Crippen molar-refractivity contribution in [2.75, 3.05) is 10.6 Å². The molecule has 0 atom stereocenters. The second-order valence-corrected chi connectivity index (χ2v) is 6.15. The van der Waals surface area contributed by atoms with E-state index in [-0.39, 0.29) is 11.8 Å². The van der Waals surface area contributed by atoms with E-state index in [9.17, 15) is 9.59 Å². The van der Waals surface area contributed by atoms with Crippen molar-refractivity contribution in [1.29, 1.82) is 0 Å². The summed E-state index contributed by atoms with van der Waals surface area (Å²) in [6.45, 7) is 3.79. The van der Waals surface area contributed by atoms with E-state index in [0.29, 0.717) is 27.1 Å². The molecule has 0 aliphatic rings. The van der Waals surface area contributed by atoms with Crippen molar-refractivity contribution in [3.63, 3.8) is 0 Å². The normalized spacial score (nSPS) is 10.3. The van der Waals surface area contributed by atoms with Gasteiger partial charge in [0.1, 0.15) is 4.88 Å². The van der Waals surface area contributed by atoms with E-state index in [0.717, 1.165) is 23.3 Å². The molecular formula is C15H16ClN3O2S. The number of aromatic nitrogens is 1. The second kappa shape index (κ2) is 7.38. The van der Waals surface area contributed by atoms with Gasteiger partial charge in [0, 0.05) is 6.42 Å². The zero-order chi connectivity index (χ0) is 16.1. The minimum absolute atomic E-state index is 0.106. The number of anilines is 2. The van der Waals surface area contributed by atoms with Gasteiger partial charge in [0.2, 0.25) is 5.91 Å². The Balaban J connectivity index is 2.08. The van der Waals surface area contributed by atoms with Gasteiger partial charge in [0.05, 0.1) is 16.9 Å². The highest BCUT2D eigenvalue weighted by atomic mass is 35.5. The first-order valence-electron chi connectivity index (χ1n) is 6.83. The highest BCUT2D eigenvalue weighted by Gasteiger charge is 2.14. The van der Waals surface area contributed by atoms with Crippen molar-refractivity contribution >= 4 is 45.6 Å². The van der Waals surface area contributed by atoms with Crippen LogP contribution in [0.5, 0.6) is 0 Å². The van der Waals surface area contributed by atoms with Gasteiger partial charge in [-0.1, -0.05) is 42.0 Å². The topological polar surface area (TPSA) is 71.1 Å². The standard InChI is InChI=1S/C15H16ClN3O2S/c1-3-5-12(20)18-15-17-8-11(22-15)14(21)19-13-9(2)6-4-7-10(13)16/h4,6-8H,3,5H2,1-2H3,(H,19,21)(H,17,18,20). The average Bonchev–Trinajstić information content (AvgIpc) is 2.91. The van der Waals surface area contributed by atoms with Crippen LogP contribution in [-0.2, 0) is 4.79 Å². The van der Waals surface area contributed by atoms with Crippen molar-refractivity contribution in [2.45, 2.75) is 26.7 Å². The molecule has 0 saturated carbocycles. The summed E-state index contributed by atoms with van der Waals surface area (Å²) in [7, 11) is 0. The minimum atomic E-state index is -0.301. The molecule has 0 radical (unpaired) electrons. The van der Waals surface area contributed by atoms with Crippen LogP contribution >= 0.6 is 22.9 Å². The molecule has 0 unspecified atom stereocenters. The molecule has 2 amide bonds. The van der Waals surface area contributed by atoms with Crippen molar-refractivity contribution in [3.05, 3.63) is 39.9 Å². The molecule has 22 heavy (non-hydrogen) atoms. The van der Waals surface area contributed by atoms with E-state index in [4.69, 9.17) is 11.6 Å². The molecule has 0 aliphatic carbocycles. The Hall–Kier alpha value is -1.92. The molecule has 0 spiro atoms. The fourth-order valence-corrected chi connectivity index (χ4v) is 2.81. The number of hydrogen-bond acceptors (Lipinski definition) is 4. The van der Waals surface area contributed by atoms with Crippen LogP contribution in [0.25, 0.3) is 0 Å². The predicted octanol–water partition coefficient (Wildman–Crippen LogP) is 4.10. The van der Waals surface area contributed by atoms with E-state index < -0.39 is 0 Å². The molecule has 7 heteroatoms. The van der Waals surface area contributed by atoms with Crippen molar-refractivity contribution in [2.24, 2.45) is 0 Å². The Morgan fingerprint density at radius 1 is 1.32 bits per heavy atom. The first-order valence-corrected chi connectivity index (χ1v) is 8.03. The van der Waals surface area contributed by atoms with Gasteiger partial charge in [-0.3, -0.25) is 9.59 Å². The van der Waals surface area contributed by atoms with Gasteiger partial charge >= 0.3 is 0 Å². The highest BCUT2D eigenvalue weighted by molar-refractivity contribution is 7.17. The maximum atomic E-state index is 12.2. The van der Waals surface area contributed by atoms with E-state index in [1.54, 1.807) is 6.07 Å². The number of rotatable bonds is 5. The smallest absolute Gasteiger partial charge is 0.267 e. The number of amides is 2. The molecule has 2 aromatic rings. The molecule has 1 aromatic heterocycles. The summed E-state index contributed by atoms with van der Waals surface area (Å²) in [5.74, 6) is -0.407. The molecule has 5 nitrogen and oxygen atoms in total.